The second-order valence-electron chi connectivity index (χ2n) is 4.58. The largest absolute Gasteiger partial charge is 0.396 e. The maximum atomic E-state index is 8.99. The summed E-state index contributed by atoms with van der Waals surface area (Å²) < 4.78 is 2.08. The maximum absolute atomic E-state index is 8.99. The molecule has 4 heteroatoms. The van der Waals surface area contributed by atoms with Crippen molar-refractivity contribution in [2.24, 2.45) is 7.05 Å². The molecule has 1 fully saturated rings. The van der Waals surface area contributed by atoms with E-state index in [1.807, 2.05) is 7.05 Å². The van der Waals surface area contributed by atoms with Gasteiger partial charge in [-0.3, -0.25) is 0 Å². The number of nitrogens with zero attached hydrogens (tertiary/aromatic N) is 2. The average molecular weight is 243 g/mol. The molecule has 0 radical (unpaired) electrons. The molecule has 1 heterocycles. The summed E-state index contributed by atoms with van der Waals surface area (Å²) in [6.07, 6.45) is 6.97. The van der Waals surface area contributed by atoms with E-state index in [9.17, 15) is 0 Å². The quantitative estimate of drug-likeness (QED) is 0.885. The van der Waals surface area contributed by atoms with Crippen molar-refractivity contribution in [2.75, 3.05) is 6.61 Å². The second kappa shape index (κ2) is 5.19. The normalized spacial score (nSPS) is 17.9. The van der Waals surface area contributed by atoms with Crippen molar-refractivity contribution in [1.29, 1.82) is 0 Å². The van der Waals surface area contributed by atoms with Gasteiger partial charge in [-0.15, -0.1) is 0 Å². The molecule has 1 N–H and O–H groups in total. The zero-order valence-corrected chi connectivity index (χ0v) is 10.5. The van der Waals surface area contributed by atoms with Crippen molar-refractivity contribution in [1.82, 2.24) is 9.55 Å². The summed E-state index contributed by atoms with van der Waals surface area (Å²) in [6, 6.07) is 0. The zero-order chi connectivity index (χ0) is 11.5. The summed E-state index contributed by atoms with van der Waals surface area (Å²) in [5.74, 6) is 1.66. The highest BCUT2D eigenvalue weighted by molar-refractivity contribution is 6.30. The minimum Gasteiger partial charge on any atom is -0.396 e. The van der Waals surface area contributed by atoms with Crippen molar-refractivity contribution in [3.63, 3.8) is 0 Å². The van der Waals surface area contributed by atoms with Crippen molar-refractivity contribution in [2.45, 2.75) is 44.4 Å². The average Bonchev–Trinajstić information content (AvgIpc) is 2.59. The van der Waals surface area contributed by atoms with Crippen LogP contribution in [0.2, 0.25) is 5.15 Å². The van der Waals surface area contributed by atoms with Gasteiger partial charge in [0.1, 0.15) is 5.82 Å². The highest BCUT2D eigenvalue weighted by atomic mass is 35.5. The number of rotatable bonds is 3. The fraction of sp³-hybridized carbons (Fsp3) is 0.750. The summed E-state index contributed by atoms with van der Waals surface area (Å²) >= 11 is 6.11. The van der Waals surface area contributed by atoms with E-state index in [0.717, 1.165) is 11.5 Å². The van der Waals surface area contributed by atoms with Crippen LogP contribution in [0.25, 0.3) is 0 Å². The van der Waals surface area contributed by atoms with Crippen LogP contribution >= 0.6 is 11.6 Å². The first-order valence-corrected chi connectivity index (χ1v) is 6.43. The van der Waals surface area contributed by atoms with Gasteiger partial charge < -0.3 is 9.67 Å². The van der Waals surface area contributed by atoms with Crippen molar-refractivity contribution in [3.05, 3.63) is 16.7 Å². The molecule has 1 aliphatic rings. The predicted octanol–water partition coefficient (Wildman–Crippen LogP) is 2.66. The van der Waals surface area contributed by atoms with Crippen LogP contribution in [0.15, 0.2) is 0 Å². The Balaban J connectivity index is 2.23. The van der Waals surface area contributed by atoms with Gasteiger partial charge in [0.05, 0.1) is 5.69 Å². The molecule has 16 heavy (non-hydrogen) atoms. The molecule has 0 unspecified atom stereocenters. The third-order valence-corrected chi connectivity index (χ3v) is 3.82. The Morgan fingerprint density at radius 3 is 2.69 bits per heavy atom. The predicted molar refractivity (Wildman–Crippen MR) is 64.8 cm³/mol. The van der Waals surface area contributed by atoms with Gasteiger partial charge in [0.15, 0.2) is 5.15 Å². The first kappa shape index (κ1) is 11.9. The third-order valence-electron chi connectivity index (χ3n) is 3.52. The molecule has 0 atom stereocenters. The van der Waals surface area contributed by atoms with Crippen molar-refractivity contribution >= 4 is 11.6 Å². The number of halogens is 1. The van der Waals surface area contributed by atoms with E-state index in [4.69, 9.17) is 16.7 Å². The minimum absolute atomic E-state index is 0.128. The van der Waals surface area contributed by atoms with Crippen LogP contribution in [0.5, 0.6) is 0 Å². The Morgan fingerprint density at radius 2 is 2.06 bits per heavy atom. The lowest BCUT2D eigenvalue weighted by Gasteiger charge is -2.21. The SMILES string of the molecule is Cn1c(C2CCCCC2)nc(Cl)c1CCO. The third kappa shape index (κ3) is 2.25. The molecule has 2 rings (SSSR count). The molecule has 1 aromatic rings. The second-order valence-corrected chi connectivity index (χ2v) is 4.93. The Kier molecular flexibility index (Phi) is 3.87. The number of aromatic nitrogens is 2. The van der Waals surface area contributed by atoms with Crippen LogP contribution in [0.1, 0.15) is 49.5 Å². The van der Waals surface area contributed by atoms with Gasteiger partial charge in [-0.05, 0) is 12.8 Å². The van der Waals surface area contributed by atoms with E-state index in [0.29, 0.717) is 17.5 Å². The number of aliphatic hydroxyl groups is 1. The summed E-state index contributed by atoms with van der Waals surface area (Å²) in [5.41, 5.74) is 0.963. The molecule has 0 saturated heterocycles. The molecule has 0 aromatic carbocycles. The molecule has 1 aromatic heterocycles. The van der Waals surface area contributed by atoms with Gasteiger partial charge in [0.2, 0.25) is 0 Å². The van der Waals surface area contributed by atoms with Crippen LogP contribution in [0.4, 0.5) is 0 Å². The van der Waals surface area contributed by atoms with E-state index in [-0.39, 0.29) is 6.61 Å². The Labute approximate surface area is 101 Å². The number of hydrogen-bond acceptors (Lipinski definition) is 2. The standard InChI is InChI=1S/C12H19ClN2O/c1-15-10(7-8-16)11(13)14-12(15)9-5-3-2-4-6-9/h9,16H,2-8H2,1H3. The minimum atomic E-state index is 0.128. The van der Waals surface area contributed by atoms with Gasteiger partial charge in [-0.1, -0.05) is 30.9 Å². The van der Waals surface area contributed by atoms with Crippen molar-refractivity contribution in [3.8, 4) is 0 Å². The number of aliphatic hydroxyl groups excluding tert-OH is 1. The molecule has 0 aliphatic heterocycles. The summed E-state index contributed by atoms with van der Waals surface area (Å²) in [6.45, 7) is 0.128. The number of hydrogen-bond donors (Lipinski definition) is 1. The lowest BCUT2D eigenvalue weighted by molar-refractivity contribution is 0.296. The van der Waals surface area contributed by atoms with Crippen LogP contribution < -0.4 is 0 Å². The van der Waals surface area contributed by atoms with Gasteiger partial charge in [0.25, 0.3) is 0 Å². The zero-order valence-electron chi connectivity index (χ0n) is 9.75. The van der Waals surface area contributed by atoms with Crippen LogP contribution in [-0.2, 0) is 13.5 Å². The highest BCUT2D eigenvalue weighted by Crippen LogP contribution is 2.33. The first-order valence-electron chi connectivity index (χ1n) is 6.06. The van der Waals surface area contributed by atoms with E-state index in [1.165, 1.54) is 32.1 Å². The summed E-state index contributed by atoms with van der Waals surface area (Å²) in [5, 5.41) is 9.56. The van der Waals surface area contributed by atoms with Crippen LogP contribution in [0, 0.1) is 0 Å². The van der Waals surface area contributed by atoms with Gasteiger partial charge in [-0.25, -0.2) is 4.98 Å². The highest BCUT2D eigenvalue weighted by Gasteiger charge is 2.22. The van der Waals surface area contributed by atoms with Gasteiger partial charge >= 0.3 is 0 Å². The molecule has 3 nitrogen and oxygen atoms in total. The molecule has 0 bridgehead atoms. The van der Waals surface area contributed by atoms with E-state index in [1.54, 1.807) is 0 Å². The van der Waals surface area contributed by atoms with E-state index in [2.05, 4.69) is 9.55 Å². The van der Waals surface area contributed by atoms with Crippen LogP contribution in [0.3, 0.4) is 0 Å². The molecule has 1 saturated carbocycles. The Bertz CT molecular complexity index is 356. The molecule has 0 spiro atoms. The van der Waals surface area contributed by atoms with Gasteiger partial charge in [0, 0.05) is 26.0 Å². The lowest BCUT2D eigenvalue weighted by atomic mass is 9.89. The molecular weight excluding hydrogens is 224 g/mol. The lowest BCUT2D eigenvalue weighted by Crippen LogP contribution is -2.11. The topological polar surface area (TPSA) is 38.0 Å². The Morgan fingerprint density at radius 1 is 1.38 bits per heavy atom. The molecule has 90 valence electrons. The molecular formula is C12H19ClN2O. The van der Waals surface area contributed by atoms with Crippen LogP contribution in [-0.4, -0.2) is 21.3 Å². The maximum Gasteiger partial charge on any atom is 0.150 e. The smallest absolute Gasteiger partial charge is 0.150 e. The summed E-state index contributed by atoms with van der Waals surface area (Å²) in [7, 11) is 2.01. The fourth-order valence-corrected chi connectivity index (χ4v) is 2.93. The monoisotopic (exact) mass is 242 g/mol. The van der Waals surface area contributed by atoms with Crippen molar-refractivity contribution < 1.29 is 5.11 Å². The number of imidazole rings is 1. The first-order chi connectivity index (χ1) is 7.74. The Hall–Kier alpha value is -0.540. The van der Waals surface area contributed by atoms with Gasteiger partial charge in [-0.2, -0.15) is 0 Å². The molecule has 1 aliphatic carbocycles. The molecule has 0 amide bonds. The van der Waals surface area contributed by atoms with E-state index < -0.39 is 0 Å². The van der Waals surface area contributed by atoms with E-state index >= 15 is 0 Å². The summed E-state index contributed by atoms with van der Waals surface area (Å²) in [4.78, 5) is 4.47. The fourth-order valence-electron chi connectivity index (χ4n) is 2.62.